The molecule has 0 fully saturated rings. The Labute approximate surface area is 176 Å². The Morgan fingerprint density at radius 2 is 1.90 bits per heavy atom. The van der Waals surface area contributed by atoms with Crippen molar-refractivity contribution in [3.05, 3.63) is 65.5 Å². The summed E-state index contributed by atoms with van der Waals surface area (Å²) < 4.78 is 15.7. The van der Waals surface area contributed by atoms with E-state index in [0.717, 1.165) is 0 Å². The van der Waals surface area contributed by atoms with Gasteiger partial charge in [-0.15, -0.1) is 0 Å². The first-order valence-electron chi connectivity index (χ1n) is 9.32. The van der Waals surface area contributed by atoms with E-state index in [2.05, 4.69) is 15.5 Å². The highest BCUT2D eigenvalue weighted by atomic mass is 16.5. The molecular weight excluding hydrogens is 402 g/mol. The van der Waals surface area contributed by atoms with Gasteiger partial charge in [-0.3, -0.25) is 9.59 Å². The fraction of sp³-hybridized carbons (Fsp3) is 0.136. The number of carbonyl (C=O) groups excluding carboxylic acids is 3. The number of carbonyl (C=O) groups is 3. The number of pyridine rings is 1. The molecule has 3 aromatic heterocycles. The number of Topliss-reactive ketones (excluding diaryl/α,β-unsaturated/α-hetero) is 1. The van der Waals surface area contributed by atoms with Gasteiger partial charge in [0.1, 0.15) is 5.69 Å². The average Bonchev–Trinajstić information content (AvgIpc) is 3.42. The number of benzene rings is 1. The molecule has 0 saturated heterocycles. The summed E-state index contributed by atoms with van der Waals surface area (Å²) in [5.41, 5.74) is 1.82. The van der Waals surface area contributed by atoms with Crippen molar-refractivity contribution in [1.29, 1.82) is 0 Å². The molecule has 1 N–H and O–H groups in total. The molecule has 0 bridgehead atoms. The average molecular weight is 419 g/mol. The predicted molar refractivity (Wildman–Crippen MR) is 110 cm³/mol. The molecule has 1 amide bonds. The van der Waals surface area contributed by atoms with E-state index in [-0.39, 0.29) is 17.1 Å². The normalized spacial score (nSPS) is 10.8. The Hall–Kier alpha value is -4.27. The van der Waals surface area contributed by atoms with Gasteiger partial charge in [0.15, 0.2) is 18.2 Å². The molecule has 3 heterocycles. The largest absolute Gasteiger partial charge is 0.463 e. The summed E-state index contributed by atoms with van der Waals surface area (Å²) in [4.78, 5) is 41.1. The lowest BCUT2D eigenvalue weighted by Crippen LogP contribution is -2.22. The number of rotatable bonds is 6. The van der Waals surface area contributed by atoms with Crippen LogP contribution in [0.3, 0.4) is 0 Å². The van der Waals surface area contributed by atoms with Crippen LogP contribution in [0.15, 0.2) is 57.7 Å². The minimum atomic E-state index is -0.749. The topological polar surface area (TPSA) is 125 Å². The Balaban J connectivity index is 1.54. The second kappa shape index (κ2) is 8.23. The number of ether oxygens (including phenoxy) is 1. The molecule has 0 unspecified atom stereocenters. The van der Waals surface area contributed by atoms with Crippen LogP contribution in [0.4, 0.5) is 5.69 Å². The first-order valence-corrected chi connectivity index (χ1v) is 9.32. The number of nitrogens with one attached hydrogen (secondary N) is 1. The molecule has 0 saturated carbocycles. The quantitative estimate of drug-likeness (QED) is 0.370. The van der Waals surface area contributed by atoms with E-state index in [1.165, 1.54) is 19.3 Å². The van der Waals surface area contributed by atoms with Crippen LogP contribution >= 0.6 is 0 Å². The van der Waals surface area contributed by atoms with Crippen LogP contribution in [0.1, 0.15) is 33.3 Å². The van der Waals surface area contributed by atoms with Crippen LogP contribution in [0.25, 0.3) is 22.6 Å². The maximum Gasteiger partial charge on any atom is 0.339 e. The smallest absolute Gasteiger partial charge is 0.339 e. The van der Waals surface area contributed by atoms with E-state index in [4.69, 9.17) is 13.7 Å². The van der Waals surface area contributed by atoms with Crippen molar-refractivity contribution >= 4 is 34.4 Å². The molecule has 4 rings (SSSR count). The highest BCUT2D eigenvalue weighted by Gasteiger charge is 2.22. The Morgan fingerprint density at radius 1 is 1.10 bits per heavy atom. The third-order valence-electron chi connectivity index (χ3n) is 4.53. The molecule has 0 aliphatic rings. The van der Waals surface area contributed by atoms with E-state index >= 15 is 0 Å². The molecule has 0 spiro atoms. The molecule has 9 heteroatoms. The van der Waals surface area contributed by atoms with Crippen molar-refractivity contribution in [3.63, 3.8) is 0 Å². The summed E-state index contributed by atoms with van der Waals surface area (Å²) in [7, 11) is 0. The zero-order chi connectivity index (χ0) is 22.0. The van der Waals surface area contributed by atoms with E-state index in [1.54, 1.807) is 43.3 Å². The summed E-state index contributed by atoms with van der Waals surface area (Å²) in [6.45, 7) is 2.52. The molecule has 0 aliphatic carbocycles. The van der Waals surface area contributed by atoms with Gasteiger partial charge in [-0.2, -0.15) is 0 Å². The summed E-state index contributed by atoms with van der Waals surface area (Å²) in [6.07, 6.45) is 1.48. The number of esters is 1. The molecule has 1 aromatic carbocycles. The van der Waals surface area contributed by atoms with Gasteiger partial charge in [0, 0.05) is 5.56 Å². The maximum atomic E-state index is 12.8. The van der Waals surface area contributed by atoms with Gasteiger partial charge < -0.3 is 19.0 Å². The summed E-state index contributed by atoms with van der Waals surface area (Å²) >= 11 is 0. The van der Waals surface area contributed by atoms with Crippen LogP contribution in [-0.4, -0.2) is 34.4 Å². The van der Waals surface area contributed by atoms with Crippen LogP contribution in [0.2, 0.25) is 0 Å². The van der Waals surface area contributed by atoms with Crippen LogP contribution in [-0.2, 0) is 9.53 Å². The van der Waals surface area contributed by atoms with Crippen LogP contribution in [0, 0.1) is 6.92 Å². The lowest BCUT2D eigenvalue weighted by Gasteiger charge is -2.10. The number of aryl methyl sites for hydroxylation is 1. The van der Waals surface area contributed by atoms with Crippen LogP contribution in [0.5, 0.6) is 0 Å². The molecule has 0 atom stereocenters. The summed E-state index contributed by atoms with van der Waals surface area (Å²) in [5.74, 6) is -1.09. The van der Waals surface area contributed by atoms with Crippen molar-refractivity contribution < 1.29 is 28.1 Å². The van der Waals surface area contributed by atoms with E-state index in [9.17, 15) is 14.4 Å². The molecule has 4 aromatic rings. The third-order valence-corrected chi connectivity index (χ3v) is 4.53. The fourth-order valence-electron chi connectivity index (χ4n) is 3.10. The number of hydrogen-bond donors (Lipinski definition) is 1. The van der Waals surface area contributed by atoms with Crippen molar-refractivity contribution in [2.45, 2.75) is 13.8 Å². The lowest BCUT2D eigenvalue weighted by molar-refractivity contribution is -0.119. The molecule has 9 nitrogen and oxygen atoms in total. The first kappa shape index (κ1) is 20.0. The Kier molecular flexibility index (Phi) is 5.31. The molecule has 0 radical (unpaired) electrons. The second-order valence-electron chi connectivity index (χ2n) is 6.71. The number of furan rings is 1. The minimum Gasteiger partial charge on any atom is -0.463 e. The van der Waals surface area contributed by atoms with Crippen molar-refractivity contribution in [3.8, 4) is 11.5 Å². The lowest BCUT2D eigenvalue weighted by atomic mass is 10.1. The minimum absolute atomic E-state index is 0.145. The molecule has 156 valence electrons. The van der Waals surface area contributed by atoms with Gasteiger partial charge in [0.05, 0.1) is 28.6 Å². The highest BCUT2D eigenvalue weighted by Crippen LogP contribution is 2.27. The summed E-state index contributed by atoms with van der Waals surface area (Å²) in [5, 5.41) is 6.82. The van der Waals surface area contributed by atoms with Gasteiger partial charge in [0.2, 0.25) is 0 Å². The predicted octanol–water partition coefficient (Wildman–Crippen LogP) is 3.79. The molecular formula is C22H17N3O6. The molecule has 0 aliphatic heterocycles. The monoisotopic (exact) mass is 419 g/mol. The van der Waals surface area contributed by atoms with E-state index < -0.39 is 18.5 Å². The van der Waals surface area contributed by atoms with Gasteiger partial charge in [0.25, 0.3) is 11.6 Å². The first-order chi connectivity index (χ1) is 14.9. The van der Waals surface area contributed by atoms with Crippen molar-refractivity contribution in [2.24, 2.45) is 0 Å². The Morgan fingerprint density at radius 3 is 2.65 bits per heavy atom. The number of para-hydroxylation sites is 1. The number of anilines is 1. The third kappa shape index (κ3) is 4.06. The highest BCUT2D eigenvalue weighted by molar-refractivity contribution is 6.06. The van der Waals surface area contributed by atoms with Gasteiger partial charge >= 0.3 is 5.97 Å². The number of hydrogen-bond acceptors (Lipinski definition) is 8. The number of aromatic nitrogens is 2. The maximum absolute atomic E-state index is 12.8. The number of nitrogens with zero attached hydrogens (tertiary/aromatic N) is 2. The van der Waals surface area contributed by atoms with Crippen molar-refractivity contribution in [1.82, 2.24) is 10.1 Å². The number of fused-ring (bicyclic) bond motifs is 1. The second-order valence-corrected chi connectivity index (χ2v) is 6.71. The van der Waals surface area contributed by atoms with E-state index in [0.29, 0.717) is 33.8 Å². The fourth-order valence-corrected chi connectivity index (χ4v) is 3.10. The zero-order valence-electron chi connectivity index (χ0n) is 16.7. The van der Waals surface area contributed by atoms with Gasteiger partial charge in [-0.1, -0.05) is 17.3 Å². The SMILES string of the molecule is CC(=O)c1ccccc1NC(=O)COC(=O)c1cc(-c2ccco2)nc2onc(C)c12. The van der Waals surface area contributed by atoms with Crippen LogP contribution < -0.4 is 5.32 Å². The summed E-state index contributed by atoms with van der Waals surface area (Å²) in [6, 6.07) is 11.4. The zero-order valence-corrected chi connectivity index (χ0v) is 16.7. The molecule has 31 heavy (non-hydrogen) atoms. The number of ketones is 1. The van der Waals surface area contributed by atoms with Gasteiger partial charge in [-0.05, 0) is 44.2 Å². The van der Waals surface area contributed by atoms with Gasteiger partial charge in [-0.25, -0.2) is 9.78 Å². The number of amides is 1. The Bertz CT molecular complexity index is 1290. The van der Waals surface area contributed by atoms with Crippen molar-refractivity contribution in [2.75, 3.05) is 11.9 Å². The van der Waals surface area contributed by atoms with E-state index in [1.807, 2.05) is 0 Å². The standard InChI is InChI=1S/C22H17N3O6/c1-12-20-15(10-17(18-8-5-9-29-18)24-21(20)31-25-12)22(28)30-11-19(27)23-16-7-4-3-6-14(16)13(2)26/h3-10H,11H2,1-2H3,(H,23,27).